The fourth-order valence-electron chi connectivity index (χ4n) is 2.57. The number of esters is 2. The zero-order valence-corrected chi connectivity index (χ0v) is 17.9. The van der Waals surface area contributed by atoms with Crippen LogP contribution < -0.4 is 4.80 Å². The lowest BCUT2D eigenvalue weighted by molar-refractivity contribution is -0.150. The van der Waals surface area contributed by atoms with Gasteiger partial charge < -0.3 is 14.0 Å². The molecular weight excluding hydrogens is 364 g/mol. The maximum atomic E-state index is 12.3. The highest BCUT2D eigenvalue weighted by Crippen LogP contribution is 2.22. The molecule has 148 valence electrons. The van der Waals surface area contributed by atoms with Crippen LogP contribution in [0.2, 0.25) is 0 Å². The number of rotatable bonds is 5. The van der Waals surface area contributed by atoms with Crippen molar-refractivity contribution in [3.63, 3.8) is 0 Å². The fraction of sp³-hybridized carbons (Fsp3) is 0.550. The third kappa shape index (κ3) is 4.97. The lowest BCUT2D eigenvalue weighted by Crippen LogP contribution is -2.30. The summed E-state index contributed by atoms with van der Waals surface area (Å²) in [5.41, 5.74) is 0.288. The Morgan fingerprint density at radius 1 is 1.19 bits per heavy atom. The molecule has 0 fully saturated rings. The van der Waals surface area contributed by atoms with Crippen LogP contribution in [0.4, 0.5) is 0 Å². The summed E-state index contributed by atoms with van der Waals surface area (Å²) in [7, 11) is 1.38. The summed E-state index contributed by atoms with van der Waals surface area (Å²) in [5, 5.41) is 0. The normalized spacial score (nSPS) is 13.1. The van der Waals surface area contributed by atoms with Gasteiger partial charge in [0.05, 0.1) is 34.8 Å². The first kappa shape index (κ1) is 21.2. The van der Waals surface area contributed by atoms with Crippen LogP contribution in [0.25, 0.3) is 10.2 Å². The van der Waals surface area contributed by atoms with E-state index in [2.05, 4.69) is 9.56 Å². The van der Waals surface area contributed by atoms with E-state index in [-0.39, 0.29) is 11.9 Å². The summed E-state index contributed by atoms with van der Waals surface area (Å²) >= 11 is 1.49. The Morgan fingerprint density at radius 3 is 2.41 bits per heavy atom. The summed E-state index contributed by atoms with van der Waals surface area (Å²) in [6.07, 6.45) is 0. The predicted octanol–water partition coefficient (Wildman–Crippen LogP) is 3.78. The van der Waals surface area contributed by atoms with E-state index < -0.39 is 11.0 Å². The van der Waals surface area contributed by atoms with Gasteiger partial charge in [-0.1, -0.05) is 11.3 Å². The van der Waals surface area contributed by atoms with Crippen LogP contribution in [0, 0.1) is 5.41 Å². The Labute approximate surface area is 163 Å². The second-order valence-electron chi connectivity index (χ2n) is 8.00. The van der Waals surface area contributed by atoms with E-state index in [4.69, 9.17) is 9.47 Å². The van der Waals surface area contributed by atoms with Gasteiger partial charge in [-0.15, -0.1) is 0 Å². The number of nitrogens with zero attached hydrogens (tertiary/aromatic N) is 2. The summed E-state index contributed by atoms with van der Waals surface area (Å²) in [6.45, 7) is 12.3. The number of benzene rings is 1. The first-order valence-electron chi connectivity index (χ1n) is 8.94. The molecule has 0 aliphatic carbocycles. The molecular formula is C20H28N2O4S. The smallest absolute Gasteiger partial charge is 0.338 e. The SMILES string of the molecule is CCn1c(=NCC(C)(C)C(=O)OC)sc2cc(C(=O)OC(C)(C)C)ccc21. The van der Waals surface area contributed by atoms with Gasteiger partial charge >= 0.3 is 11.9 Å². The Bertz CT molecular complexity index is 916. The van der Waals surface area contributed by atoms with Gasteiger partial charge in [-0.2, -0.15) is 0 Å². The minimum absolute atomic E-state index is 0.289. The van der Waals surface area contributed by atoms with Crippen molar-refractivity contribution in [1.82, 2.24) is 4.57 Å². The van der Waals surface area contributed by atoms with Gasteiger partial charge in [-0.25, -0.2) is 4.79 Å². The van der Waals surface area contributed by atoms with Gasteiger partial charge in [0.1, 0.15) is 5.60 Å². The van der Waals surface area contributed by atoms with Crippen LogP contribution >= 0.6 is 11.3 Å². The third-order valence-electron chi connectivity index (χ3n) is 3.98. The molecule has 0 amide bonds. The molecule has 0 saturated heterocycles. The van der Waals surface area contributed by atoms with Crippen LogP contribution in [0.1, 0.15) is 51.9 Å². The van der Waals surface area contributed by atoms with Gasteiger partial charge in [0, 0.05) is 6.54 Å². The molecule has 0 atom stereocenters. The highest BCUT2D eigenvalue weighted by molar-refractivity contribution is 7.16. The molecule has 6 nitrogen and oxygen atoms in total. The molecule has 1 aromatic heterocycles. The quantitative estimate of drug-likeness (QED) is 0.726. The lowest BCUT2D eigenvalue weighted by atomic mass is 9.94. The molecule has 2 rings (SSSR count). The highest BCUT2D eigenvalue weighted by Gasteiger charge is 2.28. The molecule has 2 aromatic rings. The second kappa shape index (κ2) is 7.84. The summed E-state index contributed by atoms with van der Waals surface area (Å²) in [4.78, 5) is 29.7. The lowest BCUT2D eigenvalue weighted by Gasteiger charge is -2.19. The number of thiazole rings is 1. The van der Waals surface area contributed by atoms with Crippen molar-refractivity contribution in [2.45, 2.75) is 53.7 Å². The van der Waals surface area contributed by atoms with Gasteiger partial charge in [0.25, 0.3) is 0 Å². The summed E-state index contributed by atoms with van der Waals surface area (Å²) in [6, 6.07) is 5.53. The van der Waals surface area contributed by atoms with Crippen molar-refractivity contribution < 1.29 is 19.1 Å². The minimum Gasteiger partial charge on any atom is -0.469 e. The number of aromatic nitrogens is 1. The Kier molecular flexibility index (Phi) is 6.14. The van der Waals surface area contributed by atoms with E-state index in [9.17, 15) is 9.59 Å². The number of carbonyl (C=O) groups excluding carboxylic acids is 2. The van der Waals surface area contributed by atoms with Gasteiger partial charge in [-0.3, -0.25) is 9.79 Å². The van der Waals surface area contributed by atoms with Gasteiger partial charge in [0.2, 0.25) is 0 Å². The Morgan fingerprint density at radius 2 is 1.85 bits per heavy atom. The van der Waals surface area contributed by atoms with Crippen molar-refractivity contribution in [2.75, 3.05) is 13.7 Å². The number of hydrogen-bond donors (Lipinski definition) is 0. The maximum absolute atomic E-state index is 12.3. The standard InChI is InChI=1S/C20H28N2O4S/c1-8-22-14-10-9-13(16(23)26-19(2,3)4)11-15(14)27-18(22)21-12-20(5,6)17(24)25-7/h9-11H,8,12H2,1-7H3. The second-order valence-corrected chi connectivity index (χ2v) is 9.01. The number of methoxy groups -OCH3 is 1. The van der Waals surface area contributed by atoms with E-state index in [0.29, 0.717) is 12.1 Å². The van der Waals surface area contributed by atoms with Crippen LogP contribution in [0.5, 0.6) is 0 Å². The number of fused-ring (bicyclic) bond motifs is 1. The largest absolute Gasteiger partial charge is 0.469 e. The first-order chi connectivity index (χ1) is 12.5. The molecule has 27 heavy (non-hydrogen) atoms. The topological polar surface area (TPSA) is 69.9 Å². The summed E-state index contributed by atoms with van der Waals surface area (Å²) < 4.78 is 13.3. The Balaban J connectivity index is 2.43. The van der Waals surface area contributed by atoms with Gasteiger partial charge in [-0.05, 0) is 59.7 Å². The van der Waals surface area contributed by atoms with Crippen molar-refractivity contribution in [2.24, 2.45) is 10.4 Å². The van der Waals surface area contributed by atoms with Crippen LogP contribution in [0.15, 0.2) is 23.2 Å². The molecule has 0 radical (unpaired) electrons. The van der Waals surface area contributed by atoms with Crippen molar-refractivity contribution in [3.05, 3.63) is 28.6 Å². The molecule has 0 unspecified atom stereocenters. The average molecular weight is 393 g/mol. The number of aryl methyl sites for hydroxylation is 1. The molecule has 0 aliphatic heterocycles. The molecule has 0 bridgehead atoms. The van der Waals surface area contributed by atoms with Crippen LogP contribution in [-0.2, 0) is 20.8 Å². The molecule has 7 heteroatoms. The third-order valence-corrected chi connectivity index (χ3v) is 5.06. The van der Waals surface area contributed by atoms with E-state index >= 15 is 0 Å². The highest BCUT2D eigenvalue weighted by atomic mass is 32.1. The Hall–Kier alpha value is -2.15. The molecule has 0 saturated carbocycles. The molecule has 1 heterocycles. The average Bonchev–Trinajstić information content (AvgIpc) is 2.94. The number of hydrogen-bond acceptors (Lipinski definition) is 6. The molecule has 0 aliphatic rings. The van der Waals surface area contributed by atoms with E-state index in [1.54, 1.807) is 6.07 Å². The van der Waals surface area contributed by atoms with E-state index in [0.717, 1.165) is 21.6 Å². The fourth-order valence-corrected chi connectivity index (χ4v) is 3.70. The van der Waals surface area contributed by atoms with Gasteiger partial charge in [0.15, 0.2) is 4.80 Å². The van der Waals surface area contributed by atoms with Crippen molar-refractivity contribution in [3.8, 4) is 0 Å². The van der Waals surface area contributed by atoms with Crippen molar-refractivity contribution >= 4 is 33.5 Å². The van der Waals surface area contributed by atoms with E-state index in [1.807, 2.05) is 53.7 Å². The van der Waals surface area contributed by atoms with Crippen LogP contribution in [0.3, 0.4) is 0 Å². The van der Waals surface area contributed by atoms with Crippen LogP contribution in [-0.4, -0.2) is 35.8 Å². The zero-order valence-electron chi connectivity index (χ0n) is 17.1. The maximum Gasteiger partial charge on any atom is 0.338 e. The summed E-state index contributed by atoms with van der Waals surface area (Å²) in [5.74, 6) is -0.631. The predicted molar refractivity (Wildman–Crippen MR) is 107 cm³/mol. The molecule has 0 spiro atoms. The minimum atomic E-state index is -0.696. The van der Waals surface area contributed by atoms with Crippen molar-refractivity contribution in [1.29, 1.82) is 0 Å². The first-order valence-corrected chi connectivity index (χ1v) is 9.76. The monoisotopic (exact) mass is 392 g/mol. The molecule has 1 aromatic carbocycles. The molecule has 0 N–H and O–H groups in total. The zero-order chi connectivity index (χ0) is 20.4. The number of ether oxygens (including phenoxy) is 2. The number of carbonyl (C=O) groups is 2. The van der Waals surface area contributed by atoms with E-state index in [1.165, 1.54) is 18.4 Å².